The number of hydrogen-bond donors (Lipinski definition) is 4. The van der Waals surface area contributed by atoms with Crippen molar-refractivity contribution < 1.29 is 57.2 Å². The molecule has 5 aromatic carbocycles. The summed E-state index contributed by atoms with van der Waals surface area (Å²) in [5, 5.41) is 17.8. The van der Waals surface area contributed by atoms with Crippen molar-refractivity contribution in [3.8, 4) is 17.2 Å². The fraction of sp³-hybridized carbons (Fsp3) is 0.255. The lowest BCUT2D eigenvalue weighted by atomic mass is 10.1. The quantitative estimate of drug-likeness (QED) is 0.0692. The number of aromatic carboxylic acids is 1. The Morgan fingerprint density at radius 1 is 0.548 bits per heavy atom. The van der Waals surface area contributed by atoms with Crippen LogP contribution in [0.15, 0.2) is 109 Å². The number of carboxylic acid groups (broad SMARTS) is 1. The van der Waals surface area contributed by atoms with E-state index in [1.165, 1.54) is 78.9 Å². The van der Waals surface area contributed by atoms with Crippen molar-refractivity contribution in [3.05, 3.63) is 143 Å². The number of carbonyl (C=O) groups is 5. The van der Waals surface area contributed by atoms with Gasteiger partial charge in [0.2, 0.25) is 0 Å². The van der Waals surface area contributed by atoms with Crippen LogP contribution in [-0.2, 0) is 27.5 Å². The second kappa shape index (κ2) is 20.2. The summed E-state index contributed by atoms with van der Waals surface area (Å²) in [5.74, 6) is -3.17. The third kappa shape index (κ3) is 14.1. The zero-order chi connectivity index (χ0) is 45.0. The van der Waals surface area contributed by atoms with Crippen LogP contribution >= 0.6 is 0 Å². The highest BCUT2D eigenvalue weighted by Gasteiger charge is 2.22. The van der Waals surface area contributed by atoms with E-state index < -0.39 is 46.9 Å². The number of halogens is 1. The summed E-state index contributed by atoms with van der Waals surface area (Å²) in [6.45, 7) is 10.3. The highest BCUT2D eigenvalue weighted by Crippen LogP contribution is 2.32. The molecule has 5 aromatic rings. The molecule has 0 spiro atoms. The molecule has 5 rings (SSSR count). The van der Waals surface area contributed by atoms with Gasteiger partial charge in [-0.05, 0) is 119 Å². The Balaban J connectivity index is 1.41. The first-order valence-corrected chi connectivity index (χ1v) is 19.5. The number of rotatable bonds is 16. The molecule has 0 atom stereocenters. The predicted octanol–water partition coefficient (Wildman–Crippen LogP) is 9.64. The summed E-state index contributed by atoms with van der Waals surface area (Å²) < 4.78 is 42.2. The second-order valence-electron chi connectivity index (χ2n) is 15.8. The monoisotopic (exact) mass is 849 g/mol. The average Bonchev–Trinajstić information content (AvgIpc) is 3.20. The second-order valence-corrected chi connectivity index (χ2v) is 15.8. The maximum Gasteiger partial charge on any atom is 0.412 e. The van der Waals surface area contributed by atoms with Crippen LogP contribution in [0.5, 0.6) is 17.2 Å². The van der Waals surface area contributed by atoms with E-state index in [1.54, 1.807) is 41.5 Å². The third-order valence-electron chi connectivity index (χ3n) is 8.38. The van der Waals surface area contributed by atoms with Crippen molar-refractivity contribution in [1.82, 2.24) is 0 Å². The SMILES string of the molecule is CC(C)(C)OC(=O)CCOc1cc(C(=O)Nc2ccc(C(=O)O)cc2OCc2ccc(F)cc2)ccc1NC(=O)c1ccc(NC(=O)OC(C)(C)C)c(OCc2ccccc2)c1. The van der Waals surface area contributed by atoms with Crippen LogP contribution < -0.4 is 30.2 Å². The molecule has 0 aromatic heterocycles. The van der Waals surface area contributed by atoms with Crippen molar-refractivity contribution in [2.45, 2.75) is 72.4 Å². The zero-order valence-corrected chi connectivity index (χ0v) is 35.1. The van der Waals surface area contributed by atoms with Crippen molar-refractivity contribution >= 4 is 46.9 Å². The standard InChI is InChI=1S/C47H48FN3O11/c1-46(2,3)61-41(52)22-23-58-38-24-31(42(53)50-36-21-16-33(44(55)56)26-40(36)60-28-30-12-17-34(48)18-13-30)14-19-35(38)49-43(54)32-15-20-37(51-45(57)62-47(4,5)6)39(25-32)59-27-29-10-8-7-9-11-29/h7-21,24-26H,22-23,27-28H2,1-6H3,(H,49,54)(H,50,53)(H,51,57)(H,55,56). The molecule has 14 nitrogen and oxygen atoms in total. The average molecular weight is 850 g/mol. The first-order chi connectivity index (χ1) is 29.3. The molecular formula is C47H48FN3O11. The first kappa shape index (κ1) is 45.7. The van der Waals surface area contributed by atoms with Gasteiger partial charge in [-0.3, -0.25) is 19.7 Å². The normalized spacial score (nSPS) is 11.1. The molecule has 0 fully saturated rings. The van der Waals surface area contributed by atoms with E-state index in [0.29, 0.717) is 5.56 Å². The molecule has 0 unspecified atom stereocenters. The Kier molecular flexibility index (Phi) is 14.9. The van der Waals surface area contributed by atoms with Crippen LogP contribution in [0.1, 0.15) is 90.2 Å². The van der Waals surface area contributed by atoms with E-state index in [2.05, 4.69) is 16.0 Å². The van der Waals surface area contributed by atoms with Crippen molar-refractivity contribution in [2.24, 2.45) is 0 Å². The van der Waals surface area contributed by atoms with E-state index in [-0.39, 0.29) is 77.2 Å². The van der Waals surface area contributed by atoms with Gasteiger partial charge in [-0.25, -0.2) is 14.0 Å². The van der Waals surface area contributed by atoms with E-state index in [1.807, 2.05) is 30.3 Å². The maximum atomic E-state index is 13.8. The van der Waals surface area contributed by atoms with Crippen LogP contribution in [0.4, 0.5) is 26.2 Å². The Labute approximate surface area is 358 Å². The third-order valence-corrected chi connectivity index (χ3v) is 8.38. The van der Waals surface area contributed by atoms with E-state index in [4.69, 9.17) is 23.7 Å². The van der Waals surface area contributed by atoms with Crippen molar-refractivity contribution in [3.63, 3.8) is 0 Å². The van der Waals surface area contributed by atoms with Crippen LogP contribution in [0.25, 0.3) is 0 Å². The Hall–Kier alpha value is -7.42. The van der Waals surface area contributed by atoms with Crippen molar-refractivity contribution in [2.75, 3.05) is 22.6 Å². The molecule has 0 heterocycles. The molecule has 0 aliphatic carbocycles. The summed E-state index contributed by atoms with van der Waals surface area (Å²) in [6, 6.07) is 27.5. The van der Waals surface area contributed by atoms with Gasteiger partial charge in [-0.1, -0.05) is 42.5 Å². The number of ether oxygens (including phenoxy) is 5. The van der Waals surface area contributed by atoms with Gasteiger partial charge in [0, 0.05) is 11.1 Å². The Morgan fingerprint density at radius 2 is 1.00 bits per heavy atom. The van der Waals surface area contributed by atoms with Gasteiger partial charge in [0.05, 0.1) is 35.7 Å². The van der Waals surface area contributed by atoms with E-state index in [9.17, 15) is 33.5 Å². The molecule has 62 heavy (non-hydrogen) atoms. The molecule has 0 saturated heterocycles. The van der Waals surface area contributed by atoms with Crippen LogP contribution in [0.3, 0.4) is 0 Å². The summed E-state index contributed by atoms with van der Waals surface area (Å²) in [6.07, 6.45) is -0.873. The number of carbonyl (C=O) groups excluding carboxylic acids is 4. The van der Waals surface area contributed by atoms with Gasteiger partial charge < -0.3 is 39.4 Å². The van der Waals surface area contributed by atoms with Crippen LogP contribution in [0.2, 0.25) is 0 Å². The molecule has 15 heteroatoms. The molecule has 4 N–H and O–H groups in total. The molecule has 0 saturated carbocycles. The van der Waals surface area contributed by atoms with Gasteiger partial charge in [0.15, 0.2) is 0 Å². The minimum Gasteiger partial charge on any atom is -0.491 e. The van der Waals surface area contributed by atoms with Gasteiger partial charge in [-0.15, -0.1) is 0 Å². The first-order valence-electron chi connectivity index (χ1n) is 19.5. The number of benzene rings is 5. The lowest BCUT2D eigenvalue weighted by Crippen LogP contribution is -2.27. The summed E-state index contributed by atoms with van der Waals surface area (Å²) >= 11 is 0. The molecule has 0 aliphatic rings. The minimum absolute atomic E-state index is 0.0346. The number of carboxylic acids is 1. The number of nitrogens with one attached hydrogen (secondary N) is 3. The van der Waals surface area contributed by atoms with Gasteiger partial charge in [-0.2, -0.15) is 0 Å². The predicted molar refractivity (Wildman–Crippen MR) is 230 cm³/mol. The fourth-order valence-electron chi connectivity index (χ4n) is 5.57. The minimum atomic E-state index is -1.22. The lowest BCUT2D eigenvalue weighted by molar-refractivity contribution is -0.155. The van der Waals surface area contributed by atoms with Crippen LogP contribution in [0, 0.1) is 5.82 Å². The van der Waals surface area contributed by atoms with E-state index >= 15 is 0 Å². The molecular weight excluding hydrogens is 802 g/mol. The summed E-state index contributed by atoms with van der Waals surface area (Å²) in [5.41, 5.74) is 0.590. The number of anilines is 3. The molecule has 0 bridgehead atoms. The lowest BCUT2D eigenvalue weighted by Gasteiger charge is -2.21. The summed E-state index contributed by atoms with van der Waals surface area (Å²) in [4.78, 5) is 64.6. The highest BCUT2D eigenvalue weighted by atomic mass is 19.1. The smallest absolute Gasteiger partial charge is 0.412 e. The zero-order valence-electron chi connectivity index (χ0n) is 35.1. The fourth-order valence-corrected chi connectivity index (χ4v) is 5.57. The molecule has 3 amide bonds. The van der Waals surface area contributed by atoms with Gasteiger partial charge in [0.25, 0.3) is 11.8 Å². The Morgan fingerprint density at radius 3 is 1.50 bits per heavy atom. The van der Waals surface area contributed by atoms with Crippen LogP contribution in [-0.4, -0.2) is 52.8 Å². The molecule has 0 aliphatic heterocycles. The van der Waals surface area contributed by atoms with E-state index in [0.717, 1.165) is 5.56 Å². The van der Waals surface area contributed by atoms with Gasteiger partial charge >= 0.3 is 18.0 Å². The molecule has 324 valence electrons. The number of amides is 3. The number of esters is 1. The Bertz CT molecular complexity index is 2410. The number of hydrogen-bond acceptors (Lipinski definition) is 10. The highest BCUT2D eigenvalue weighted by molar-refractivity contribution is 6.08. The topological polar surface area (TPSA) is 188 Å². The van der Waals surface area contributed by atoms with Gasteiger partial charge in [0.1, 0.15) is 47.5 Å². The largest absolute Gasteiger partial charge is 0.491 e. The maximum absolute atomic E-state index is 13.8. The molecule has 0 radical (unpaired) electrons. The van der Waals surface area contributed by atoms with Crippen molar-refractivity contribution in [1.29, 1.82) is 0 Å². The summed E-state index contributed by atoms with van der Waals surface area (Å²) in [7, 11) is 0.